The molecule has 4 rings (SSSR count). The number of ether oxygens (including phenoxy) is 1. The van der Waals surface area contributed by atoms with E-state index < -0.39 is 0 Å². The molecule has 1 heterocycles. The van der Waals surface area contributed by atoms with Crippen molar-refractivity contribution in [2.24, 2.45) is 11.3 Å². The zero-order chi connectivity index (χ0) is 21.3. The number of hydrogen-bond donors (Lipinski definition) is 0. The second-order valence-corrected chi connectivity index (χ2v) is 9.05. The molecule has 0 radical (unpaired) electrons. The number of halogens is 1. The maximum atomic E-state index is 13.3. The Labute approximate surface area is 178 Å². The molecule has 1 saturated heterocycles. The van der Waals surface area contributed by atoms with Gasteiger partial charge in [0.1, 0.15) is 5.82 Å². The number of carbonyl (C=O) groups is 1. The van der Waals surface area contributed by atoms with Crippen LogP contribution in [-0.2, 0) is 16.0 Å². The molecule has 1 aliphatic heterocycles. The predicted molar refractivity (Wildman–Crippen MR) is 115 cm³/mol. The number of fused-ring (bicyclic) bond motifs is 1. The molecule has 2 unspecified atom stereocenters. The van der Waals surface area contributed by atoms with Gasteiger partial charge >= 0.3 is 5.97 Å². The van der Waals surface area contributed by atoms with Crippen molar-refractivity contribution in [1.29, 1.82) is 0 Å². The first kappa shape index (κ1) is 20.6. The summed E-state index contributed by atoms with van der Waals surface area (Å²) in [5.74, 6) is 5.83. The summed E-state index contributed by atoms with van der Waals surface area (Å²) in [6.45, 7) is 6.13. The Hall–Kier alpha value is -2.64. The monoisotopic (exact) mass is 405 g/mol. The van der Waals surface area contributed by atoms with Crippen molar-refractivity contribution in [1.82, 2.24) is 4.90 Å². The van der Waals surface area contributed by atoms with Crippen molar-refractivity contribution >= 4 is 5.97 Å². The molecule has 0 saturated carbocycles. The fraction of sp³-hybridized carbons (Fsp3) is 0.423. The van der Waals surface area contributed by atoms with E-state index in [1.807, 2.05) is 6.07 Å². The summed E-state index contributed by atoms with van der Waals surface area (Å²) in [7, 11) is 1.48. The second-order valence-electron chi connectivity index (χ2n) is 9.05. The molecule has 0 amide bonds. The summed E-state index contributed by atoms with van der Waals surface area (Å²) in [5.41, 5.74) is 4.26. The minimum absolute atomic E-state index is 0.0416. The van der Waals surface area contributed by atoms with Gasteiger partial charge in [-0.3, -0.25) is 9.69 Å². The normalized spacial score (nSPS) is 22.7. The lowest BCUT2D eigenvalue weighted by atomic mass is 9.73. The third kappa shape index (κ3) is 4.13. The Morgan fingerprint density at radius 3 is 2.60 bits per heavy atom. The lowest BCUT2D eigenvalue weighted by molar-refractivity contribution is -0.153. The number of rotatable bonds is 2. The van der Waals surface area contributed by atoms with Crippen molar-refractivity contribution in [3.05, 3.63) is 70.5 Å². The van der Waals surface area contributed by atoms with Crippen LogP contribution >= 0.6 is 0 Å². The van der Waals surface area contributed by atoms with Crippen molar-refractivity contribution in [3.8, 4) is 11.8 Å². The Balaban J connectivity index is 1.50. The van der Waals surface area contributed by atoms with Gasteiger partial charge in [-0.15, -0.1) is 0 Å². The van der Waals surface area contributed by atoms with Crippen LogP contribution in [0, 0.1) is 29.0 Å². The SMILES string of the molecule is COC(=O)C1CCN(C2CCc3cc(C#Cc4cccc(F)c4)ccc32)CC1(C)C. The van der Waals surface area contributed by atoms with Crippen LogP contribution in [0.2, 0.25) is 0 Å². The van der Waals surface area contributed by atoms with Crippen LogP contribution in [-0.4, -0.2) is 31.1 Å². The zero-order valence-corrected chi connectivity index (χ0v) is 17.9. The van der Waals surface area contributed by atoms with Crippen molar-refractivity contribution in [2.75, 3.05) is 20.2 Å². The van der Waals surface area contributed by atoms with Crippen LogP contribution in [0.3, 0.4) is 0 Å². The highest BCUT2D eigenvalue weighted by Gasteiger charge is 2.43. The predicted octanol–water partition coefficient (Wildman–Crippen LogP) is 4.73. The fourth-order valence-electron chi connectivity index (χ4n) is 5.01. The molecule has 3 nitrogen and oxygen atoms in total. The first-order valence-electron chi connectivity index (χ1n) is 10.6. The maximum absolute atomic E-state index is 13.3. The highest BCUT2D eigenvalue weighted by molar-refractivity contribution is 5.73. The summed E-state index contributed by atoms with van der Waals surface area (Å²) >= 11 is 0. The zero-order valence-electron chi connectivity index (χ0n) is 17.9. The van der Waals surface area contributed by atoms with Gasteiger partial charge < -0.3 is 4.74 Å². The summed E-state index contributed by atoms with van der Waals surface area (Å²) in [4.78, 5) is 14.7. The molecule has 2 aliphatic rings. The van der Waals surface area contributed by atoms with Crippen LogP contribution in [0.4, 0.5) is 4.39 Å². The third-order valence-corrected chi connectivity index (χ3v) is 6.55. The van der Waals surface area contributed by atoms with E-state index in [9.17, 15) is 9.18 Å². The topological polar surface area (TPSA) is 29.5 Å². The van der Waals surface area contributed by atoms with Crippen LogP contribution in [0.1, 0.15) is 55.0 Å². The van der Waals surface area contributed by atoms with E-state index in [0.717, 1.165) is 37.9 Å². The molecule has 2 atom stereocenters. The smallest absolute Gasteiger partial charge is 0.309 e. The number of piperidine rings is 1. The van der Waals surface area contributed by atoms with Gasteiger partial charge in [-0.05, 0) is 72.7 Å². The van der Waals surface area contributed by atoms with E-state index in [-0.39, 0.29) is 23.1 Å². The Bertz CT molecular complexity index is 1020. The van der Waals surface area contributed by atoms with E-state index in [1.54, 1.807) is 6.07 Å². The number of carbonyl (C=O) groups excluding carboxylic acids is 1. The molecule has 2 aromatic rings. The van der Waals surface area contributed by atoms with Crippen molar-refractivity contribution in [2.45, 2.75) is 39.2 Å². The Morgan fingerprint density at radius 1 is 1.13 bits per heavy atom. The Morgan fingerprint density at radius 2 is 1.90 bits per heavy atom. The lowest BCUT2D eigenvalue weighted by Gasteiger charge is -2.45. The number of methoxy groups -OCH3 is 1. The van der Waals surface area contributed by atoms with E-state index >= 15 is 0 Å². The van der Waals surface area contributed by atoms with E-state index in [2.05, 4.69) is 48.8 Å². The average Bonchev–Trinajstić information content (AvgIpc) is 3.14. The number of nitrogens with zero attached hydrogens (tertiary/aromatic N) is 1. The number of esters is 1. The van der Waals surface area contributed by atoms with Crippen LogP contribution < -0.4 is 0 Å². The molecule has 156 valence electrons. The summed E-state index contributed by atoms with van der Waals surface area (Å²) in [6, 6.07) is 13.2. The standard InChI is InChI=1S/C26H28FNO2/c1-26(2)17-28(14-13-23(26)25(29)30-3)24-12-10-20-15-19(9-11-22(20)24)8-7-18-5-4-6-21(27)16-18/h4-6,9,11,15-16,23-24H,10,12-14,17H2,1-3H3. The number of likely N-dealkylation sites (tertiary alicyclic amines) is 1. The maximum Gasteiger partial charge on any atom is 0.309 e. The van der Waals surface area contributed by atoms with Crippen LogP contribution in [0.25, 0.3) is 0 Å². The molecule has 0 bridgehead atoms. The van der Waals surface area contributed by atoms with E-state index in [0.29, 0.717) is 11.6 Å². The Kier molecular flexibility index (Phi) is 5.66. The van der Waals surface area contributed by atoms with Gasteiger partial charge in [0.2, 0.25) is 0 Å². The van der Waals surface area contributed by atoms with Crippen molar-refractivity contribution < 1.29 is 13.9 Å². The number of aryl methyl sites for hydroxylation is 1. The van der Waals surface area contributed by atoms with Gasteiger partial charge in [-0.2, -0.15) is 0 Å². The highest BCUT2D eigenvalue weighted by atomic mass is 19.1. The molecule has 0 spiro atoms. The van der Waals surface area contributed by atoms with E-state index in [4.69, 9.17) is 4.74 Å². The van der Waals surface area contributed by atoms with Crippen molar-refractivity contribution in [3.63, 3.8) is 0 Å². The fourth-order valence-corrected chi connectivity index (χ4v) is 5.01. The molecule has 0 aromatic heterocycles. The van der Waals surface area contributed by atoms with Gasteiger partial charge in [0, 0.05) is 23.7 Å². The number of benzene rings is 2. The molecule has 4 heteroatoms. The molecular formula is C26H28FNO2. The quantitative estimate of drug-likeness (QED) is 0.534. The molecule has 2 aromatic carbocycles. The average molecular weight is 406 g/mol. The minimum Gasteiger partial charge on any atom is -0.469 e. The number of hydrogen-bond acceptors (Lipinski definition) is 3. The summed E-state index contributed by atoms with van der Waals surface area (Å²) < 4.78 is 18.4. The first-order chi connectivity index (χ1) is 14.4. The first-order valence-corrected chi connectivity index (χ1v) is 10.6. The highest BCUT2D eigenvalue weighted by Crippen LogP contribution is 2.43. The van der Waals surface area contributed by atoms with Gasteiger partial charge in [0.25, 0.3) is 0 Å². The van der Waals surface area contributed by atoms with Crippen LogP contribution in [0.15, 0.2) is 42.5 Å². The molecule has 0 N–H and O–H groups in total. The van der Waals surface area contributed by atoms with E-state index in [1.165, 1.54) is 30.4 Å². The molecule has 1 fully saturated rings. The van der Waals surface area contributed by atoms with Gasteiger partial charge in [0.15, 0.2) is 0 Å². The summed E-state index contributed by atoms with van der Waals surface area (Å²) in [5, 5.41) is 0. The lowest BCUT2D eigenvalue weighted by Crippen LogP contribution is -2.49. The molecular weight excluding hydrogens is 377 g/mol. The molecule has 1 aliphatic carbocycles. The van der Waals surface area contributed by atoms with Gasteiger partial charge in [0.05, 0.1) is 13.0 Å². The second kappa shape index (κ2) is 8.24. The largest absolute Gasteiger partial charge is 0.469 e. The van der Waals surface area contributed by atoms with Crippen LogP contribution in [0.5, 0.6) is 0 Å². The summed E-state index contributed by atoms with van der Waals surface area (Å²) in [6.07, 6.45) is 2.96. The van der Waals surface area contributed by atoms with Gasteiger partial charge in [-0.1, -0.05) is 37.8 Å². The van der Waals surface area contributed by atoms with Gasteiger partial charge in [-0.25, -0.2) is 4.39 Å². The minimum atomic E-state index is -0.266. The molecule has 30 heavy (non-hydrogen) atoms. The third-order valence-electron chi connectivity index (χ3n) is 6.55.